The van der Waals surface area contributed by atoms with Crippen molar-refractivity contribution in [3.63, 3.8) is 0 Å². The number of carbonyl (C=O) groups excluding carboxylic acids is 1. The smallest absolute Gasteiger partial charge is 0.271 e. The molecule has 1 amide bonds. The molecule has 1 aromatic heterocycles. The molecule has 1 aliphatic rings. The molecule has 0 radical (unpaired) electrons. The normalized spacial score (nSPS) is 14.7. The lowest BCUT2D eigenvalue weighted by molar-refractivity contribution is -0.113. The minimum atomic E-state index is -0.705. The van der Waals surface area contributed by atoms with Crippen LogP contribution in [0.3, 0.4) is 0 Å². The van der Waals surface area contributed by atoms with Crippen molar-refractivity contribution in [2.24, 2.45) is 4.99 Å². The minimum Gasteiger partial charge on any atom is -0.497 e. The molecule has 7 nitrogen and oxygen atoms in total. The van der Waals surface area contributed by atoms with Gasteiger partial charge >= 0.3 is 0 Å². The fraction of sp³-hybridized carbons (Fsp3) is 0.129. The Morgan fingerprint density at radius 3 is 2.70 bits per heavy atom. The Morgan fingerprint density at radius 1 is 1.18 bits per heavy atom. The lowest BCUT2D eigenvalue weighted by Gasteiger charge is -2.25. The first-order valence-electron chi connectivity index (χ1n) is 12.3. The number of methoxy groups -OCH3 is 1. The Kier molecular flexibility index (Phi) is 8.01. The maximum atomic E-state index is 13.9. The fourth-order valence-corrected chi connectivity index (χ4v) is 6.01. The number of ether oxygens (including phenoxy) is 2. The van der Waals surface area contributed by atoms with E-state index in [2.05, 4.69) is 27.2 Å². The van der Waals surface area contributed by atoms with Crippen LogP contribution >= 0.6 is 27.3 Å². The molecule has 4 aromatic rings. The van der Waals surface area contributed by atoms with Gasteiger partial charge in [-0.15, -0.1) is 6.42 Å². The number of nitrogens with zero attached hydrogens (tertiary/aromatic N) is 2. The molecule has 1 N–H and O–H groups in total. The molecule has 0 unspecified atom stereocenters. The second kappa shape index (κ2) is 11.8. The van der Waals surface area contributed by atoms with E-state index >= 15 is 0 Å². The summed E-state index contributed by atoms with van der Waals surface area (Å²) >= 11 is 4.77. The molecule has 3 aromatic carbocycles. The summed E-state index contributed by atoms with van der Waals surface area (Å²) in [5, 5.41) is 2.96. The minimum absolute atomic E-state index is 0.153. The van der Waals surface area contributed by atoms with Gasteiger partial charge in [-0.1, -0.05) is 53.7 Å². The number of halogens is 1. The van der Waals surface area contributed by atoms with Gasteiger partial charge in [0.2, 0.25) is 0 Å². The van der Waals surface area contributed by atoms with Crippen LogP contribution < -0.4 is 29.7 Å². The van der Waals surface area contributed by atoms with Gasteiger partial charge in [0.15, 0.2) is 4.80 Å². The fourth-order valence-electron chi connectivity index (χ4n) is 4.45. The third-order valence-electron chi connectivity index (χ3n) is 6.27. The predicted octanol–water partition coefficient (Wildman–Crippen LogP) is 4.66. The van der Waals surface area contributed by atoms with E-state index in [0.717, 1.165) is 11.1 Å². The van der Waals surface area contributed by atoms with Gasteiger partial charge in [0.05, 0.1) is 33.4 Å². The van der Waals surface area contributed by atoms with E-state index in [1.807, 2.05) is 66.7 Å². The largest absolute Gasteiger partial charge is 0.497 e. The summed E-state index contributed by atoms with van der Waals surface area (Å²) in [6, 6.07) is 21.3. The Labute approximate surface area is 243 Å². The first-order chi connectivity index (χ1) is 19.4. The number of carbonyl (C=O) groups is 1. The van der Waals surface area contributed by atoms with Crippen molar-refractivity contribution in [2.45, 2.75) is 13.0 Å². The van der Waals surface area contributed by atoms with Crippen molar-refractivity contribution in [3.8, 4) is 23.8 Å². The zero-order chi connectivity index (χ0) is 28.2. The van der Waals surface area contributed by atoms with Crippen molar-refractivity contribution >= 4 is 44.9 Å². The van der Waals surface area contributed by atoms with Crippen LogP contribution in [0.5, 0.6) is 11.5 Å². The quantitative estimate of drug-likeness (QED) is 0.308. The van der Waals surface area contributed by atoms with E-state index in [-0.39, 0.29) is 18.1 Å². The van der Waals surface area contributed by atoms with Crippen LogP contribution in [0.25, 0.3) is 6.08 Å². The van der Waals surface area contributed by atoms with Gasteiger partial charge in [0.1, 0.15) is 18.1 Å². The number of hydrogen-bond acceptors (Lipinski definition) is 6. The first kappa shape index (κ1) is 27.2. The molecular weight excluding hydrogens is 590 g/mol. The zero-order valence-electron chi connectivity index (χ0n) is 21.7. The third-order valence-corrected chi connectivity index (χ3v) is 7.87. The van der Waals surface area contributed by atoms with Crippen molar-refractivity contribution in [1.29, 1.82) is 0 Å². The molecule has 0 aliphatic carbocycles. The molecule has 5 rings (SSSR count). The van der Waals surface area contributed by atoms with Gasteiger partial charge < -0.3 is 14.8 Å². The molecule has 0 saturated heterocycles. The van der Waals surface area contributed by atoms with E-state index in [1.165, 1.54) is 11.3 Å². The monoisotopic (exact) mass is 613 g/mol. The van der Waals surface area contributed by atoms with Gasteiger partial charge in [0.25, 0.3) is 11.5 Å². The molecule has 9 heteroatoms. The SMILES string of the molecule is C#CCOc1ccc(/C=c2\sc3n(c2=O)[C@H](c2cccc(OC)c2)C(C(=O)Nc2ccccc2)=C(C)N=3)cc1Br. The molecule has 1 aliphatic heterocycles. The molecule has 0 fully saturated rings. The second-order valence-electron chi connectivity index (χ2n) is 8.86. The van der Waals surface area contributed by atoms with Gasteiger partial charge in [-0.05, 0) is 76.5 Å². The molecule has 2 heterocycles. The van der Waals surface area contributed by atoms with E-state index < -0.39 is 6.04 Å². The summed E-state index contributed by atoms with van der Waals surface area (Å²) in [6.45, 7) is 1.94. The Bertz CT molecular complexity index is 1850. The number of allylic oxidation sites excluding steroid dienone is 1. The van der Waals surface area contributed by atoms with E-state index in [0.29, 0.717) is 42.3 Å². The highest BCUT2D eigenvalue weighted by Gasteiger charge is 2.32. The summed E-state index contributed by atoms with van der Waals surface area (Å²) in [7, 11) is 1.58. The maximum absolute atomic E-state index is 13.9. The van der Waals surface area contributed by atoms with Gasteiger partial charge in [-0.25, -0.2) is 4.99 Å². The Balaban J connectivity index is 1.63. The molecule has 0 spiro atoms. The van der Waals surface area contributed by atoms with Gasteiger partial charge in [-0.2, -0.15) is 0 Å². The lowest BCUT2D eigenvalue weighted by atomic mass is 9.95. The summed E-state index contributed by atoms with van der Waals surface area (Å²) < 4.78 is 13.8. The predicted molar refractivity (Wildman–Crippen MR) is 160 cm³/mol. The van der Waals surface area contributed by atoms with Crippen LogP contribution in [0.2, 0.25) is 0 Å². The molecule has 0 bridgehead atoms. The number of anilines is 1. The summed E-state index contributed by atoms with van der Waals surface area (Å²) in [4.78, 5) is 32.8. The number of para-hydroxylation sites is 1. The van der Waals surface area contributed by atoms with Crippen molar-refractivity contribution < 1.29 is 14.3 Å². The number of hydrogen-bond donors (Lipinski definition) is 1. The van der Waals surface area contributed by atoms with Gasteiger partial charge in [0, 0.05) is 5.69 Å². The number of amides is 1. The highest BCUT2D eigenvalue weighted by molar-refractivity contribution is 9.10. The van der Waals surface area contributed by atoms with Crippen LogP contribution in [-0.2, 0) is 4.79 Å². The molecule has 1 atom stereocenters. The van der Waals surface area contributed by atoms with Crippen LogP contribution in [0.1, 0.15) is 24.1 Å². The number of benzene rings is 3. The van der Waals surface area contributed by atoms with Crippen LogP contribution in [0.4, 0.5) is 5.69 Å². The van der Waals surface area contributed by atoms with Crippen molar-refractivity contribution in [3.05, 3.63) is 119 Å². The average molecular weight is 615 g/mol. The summed E-state index contributed by atoms with van der Waals surface area (Å²) in [5.41, 5.74) is 2.84. The number of terminal acetylenes is 1. The number of nitrogens with one attached hydrogen (secondary N) is 1. The second-order valence-corrected chi connectivity index (χ2v) is 10.7. The van der Waals surface area contributed by atoms with Crippen molar-refractivity contribution in [2.75, 3.05) is 19.0 Å². The van der Waals surface area contributed by atoms with Crippen LogP contribution in [-0.4, -0.2) is 24.2 Å². The topological polar surface area (TPSA) is 81.9 Å². The molecule has 200 valence electrons. The standard InChI is InChI=1S/C31H24BrN3O4S/c1-4-15-39-25-14-13-20(16-24(25)32)17-26-30(37)35-28(21-9-8-12-23(18-21)38-3)27(19(2)33-31(35)40-26)29(36)34-22-10-6-5-7-11-22/h1,5-14,16-18,28H,15H2,2-3H3,(H,34,36)/b26-17-/t28-/m1/s1. The summed E-state index contributed by atoms with van der Waals surface area (Å²) in [5.74, 6) is 3.34. The van der Waals surface area contributed by atoms with E-state index in [9.17, 15) is 9.59 Å². The average Bonchev–Trinajstić information content (AvgIpc) is 3.26. The van der Waals surface area contributed by atoms with Gasteiger partial charge in [-0.3, -0.25) is 14.2 Å². The number of fused-ring (bicyclic) bond motifs is 1. The van der Waals surface area contributed by atoms with E-state index in [4.69, 9.17) is 20.9 Å². The Morgan fingerprint density at radius 2 is 1.98 bits per heavy atom. The Hall–Kier alpha value is -4.39. The highest BCUT2D eigenvalue weighted by atomic mass is 79.9. The number of rotatable bonds is 7. The van der Waals surface area contributed by atoms with Crippen molar-refractivity contribution in [1.82, 2.24) is 4.57 Å². The molecular formula is C31H24BrN3O4S. The summed E-state index contributed by atoms with van der Waals surface area (Å²) in [6.07, 6.45) is 7.09. The lowest BCUT2D eigenvalue weighted by Crippen LogP contribution is -2.40. The van der Waals surface area contributed by atoms with Crippen LogP contribution in [0, 0.1) is 12.3 Å². The first-order valence-corrected chi connectivity index (χ1v) is 13.9. The molecule has 40 heavy (non-hydrogen) atoms. The maximum Gasteiger partial charge on any atom is 0.271 e. The molecule has 0 saturated carbocycles. The number of aromatic nitrogens is 1. The third kappa shape index (κ3) is 5.50. The van der Waals surface area contributed by atoms with E-state index in [1.54, 1.807) is 30.7 Å². The zero-order valence-corrected chi connectivity index (χ0v) is 24.1. The number of thiazole rings is 1. The van der Waals surface area contributed by atoms with Crippen LogP contribution in [0.15, 0.2) is 98.3 Å². The highest BCUT2D eigenvalue weighted by Crippen LogP contribution is 2.32.